The smallest absolute Gasteiger partial charge is 0.210 e. The Labute approximate surface area is 279 Å². The molecule has 0 amide bonds. The highest BCUT2D eigenvalue weighted by molar-refractivity contribution is 6.32. The summed E-state index contributed by atoms with van der Waals surface area (Å²) >= 11 is 6.27. The number of benzene rings is 1. The van der Waals surface area contributed by atoms with Gasteiger partial charge in [-0.1, -0.05) is 57.4 Å². The highest BCUT2D eigenvalue weighted by Gasteiger charge is 2.20. The maximum absolute atomic E-state index is 6.27. The van der Waals surface area contributed by atoms with Gasteiger partial charge in [0.15, 0.2) is 0 Å². The molecule has 0 spiro atoms. The lowest BCUT2D eigenvalue weighted by atomic mass is 9.96. The summed E-state index contributed by atoms with van der Waals surface area (Å²) < 4.78 is 21.7. The van der Waals surface area contributed by atoms with Crippen LogP contribution in [0.5, 0.6) is 5.75 Å². The Morgan fingerprint density at radius 3 is 2.43 bits per heavy atom. The highest BCUT2D eigenvalue weighted by atomic mass is 35.5. The molecule has 0 unspecified atom stereocenters. The summed E-state index contributed by atoms with van der Waals surface area (Å²) in [5.74, 6) is 1.43. The Kier molecular flexibility index (Phi) is 19.9. The fourth-order valence-electron chi connectivity index (χ4n) is 4.37. The predicted octanol–water partition coefficient (Wildman–Crippen LogP) is 3.96. The summed E-state index contributed by atoms with van der Waals surface area (Å²) in [7, 11) is 0. The summed E-state index contributed by atoms with van der Waals surface area (Å²) in [6.45, 7) is 14.4. The zero-order valence-electron chi connectivity index (χ0n) is 27.4. The number of ether oxygens (including phenoxy) is 4. The molecule has 1 aromatic rings. The molecule has 0 atom stereocenters. The highest BCUT2D eigenvalue weighted by Crippen LogP contribution is 2.28. The van der Waals surface area contributed by atoms with E-state index in [1.54, 1.807) is 24.6 Å². The lowest BCUT2D eigenvalue weighted by Gasteiger charge is -2.26. The van der Waals surface area contributed by atoms with Crippen LogP contribution in [0.2, 0.25) is 5.02 Å². The SMILES string of the molecule is C1COCCN1.C=C(/N=C\C(=C/N)c1ccc(Cl)c(OCCN=CN)c1)N/C(C=NC1CCCCC1)=C(/N)OCC1COC1.CC. The third-order valence-electron chi connectivity index (χ3n) is 6.95. The Bertz CT molecular complexity index is 1160. The Morgan fingerprint density at radius 1 is 1.11 bits per heavy atom. The van der Waals surface area contributed by atoms with Gasteiger partial charge in [0.05, 0.1) is 63.2 Å². The maximum Gasteiger partial charge on any atom is 0.210 e. The molecule has 256 valence electrons. The molecular weight excluding hydrogens is 608 g/mol. The van der Waals surface area contributed by atoms with Gasteiger partial charge in [-0.3, -0.25) is 9.98 Å². The lowest BCUT2D eigenvalue weighted by molar-refractivity contribution is -0.0617. The Morgan fingerprint density at radius 2 is 1.85 bits per heavy atom. The van der Waals surface area contributed by atoms with E-state index in [0.29, 0.717) is 66.8 Å². The first kappa shape index (κ1) is 38.6. The van der Waals surface area contributed by atoms with Crippen molar-refractivity contribution in [3.05, 3.63) is 59.0 Å². The molecule has 2 heterocycles. The van der Waals surface area contributed by atoms with Crippen LogP contribution in [-0.4, -0.2) is 84.1 Å². The Hall–Kier alpha value is -3.58. The second kappa shape index (κ2) is 23.7. The van der Waals surface area contributed by atoms with E-state index in [1.165, 1.54) is 31.8 Å². The first-order valence-electron chi connectivity index (χ1n) is 16.1. The molecule has 13 heteroatoms. The third kappa shape index (κ3) is 15.1. The fraction of sp³-hybridized carbons (Fsp3) is 0.545. The van der Waals surface area contributed by atoms with Crippen molar-refractivity contribution in [2.75, 3.05) is 59.3 Å². The van der Waals surface area contributed by atoms with Crippen LogP contribution in [0.1, 0.15) is 51.5 Å². The van der Waals surface area contributed by atoms with Crippen molar-refractivity contribution in [1.82, 2.24) is 10.6 Å². The summed E-state index contributed by atoms with van der Waals surface area (Å²) in [6.07, 6.45) is 11.8. The van der Waals surface area contributed by atoms with Crippen LogP contribution in [0.3, 0.4) is 0 Å². The number of hydrogen-bond donors (Lipinski definition) is 5. The number of hydrogen-bond acceptors (Lipinski definition) is 11. The monoisotopic (exact) mass is 660 g/mol. The zero-order valence-corrected chi connectivity index (χ0v) is 28.1. The number of halogens is 1. The first-order chi connectivity index (χ1) is 22.5. The van der Waals surface area contributed by atoms with E-state index in [-0.39, 0.29) is 11.9 Å². The summed E-state index contributed by atoms with van der Waals surface area (Å²) in [4.78, 5) is 13.1. The van der Waals surface area contributed by atoms with Gasteiger partial charge in [-0.2, -0.15) is 0 Å². The van der Waals surface area contributed by atoms with Crippen molar-refractivity contribution >= 4 is 35.9 Å². The maximum atomic E-state index is 6.27. The van der Waals surface area contributed by atoms with Crippen LogP contribution in [0.25, 0.3) is 5.57 Å². The van der Waals surface area contributed by atoms with Crippen LogP contribution < -0.4 is 32.6 Å². The molecule has 1 saturated carbocycles. The van der Waals surface area contributed by atoms with Gasteiger partial charge in [-0.05, 0) is 30.5 Å². The van der Waals surface area contributed by atoms with Gasteiger partial charge in [-0.25, -0.2) is 4.99 Å². The number of nitrogens with two attached hydrogens (primary N) is 3. The van der Waals surface area contributed by atoms with Gasteiger partial charge in [0, 0.05) is 37.0 Å². The molecule has 46 heavy (non-hydrogen) atoms. The van der Waals surface area contributed by atoms with E-state index in [9.17, 15) is 0 Å². The van der Waals surface area contributed by atoms with Gasteiger partial charge >= 0.3 is 0 Å². The summed E-state index contributed by atoms with van der Waals surface area (Å²) in [5.41, 5.74) is 19.3. The quantitative estimate of drug-likeness (QED) is 0.0855. The van der Waals surface area contributed by atoms with Crippen LogP contribution >= 0.6 is 11.6 Å². The number of aliphatic imine (C=N–C) groups is 3. The average molecular weight is 661 g/mol. The Balaban J connectivity index is 0.000000810. The van der Waals surface area contributed by atoms with Crippen molar-refractivity contribution < 1.29 is 18.9 Å². The van der Waals surface area contributed by atoms with Crippen LogP contribution in [0.4, 0.5) is 0 Å². The molecule has 8 N–H and O–H groups in total. The third-order valence-corrected chi connectivity index (χ3v) is 7.26. The lowest BCUT2D eigenvalue weighted by Crippen LogP contribution is -2.32. The molecule has 0 radical (unpaired) electrons. The second-order valence-corrected chi connectivity index (χ2v) is 10.8. The normalized spacial score (nSPS) is 18.2. The number of rotatable bonds is 14. The number of nitrogens with zero attached hydrogens (tertiary/aromatic N) is 3. The fourth-order valence-corrected chi connectivity index (χ4v) is 4.55. The molecule has 3 fully saturated rings. The van der Waals surface area contributed by atoms with Crippen molar-refractivity contribution in [3.63, 3.8) is 0 Å². The van der Waals surface area contributed by atoms with E-state index in [4.69, 9.17) is 52.7 Å². The van der Waals surface area contributed by atoms with Gasteiger partial charge in [0.1, 0.15) is 23.9 Å². The molecule has 2 aliphatic heterocycles. The molecular formula is C33H53ClN8O4. The van der Waals surface area contributed by atoms with Gasteiger partial charge in [0.25, 0.3) is 0 Å². The molecule has 1 aliphatic carbocycles. The minimum Gasteiger partial charge on any atom is -0.490 e. The minimum absolute atomic E-state index is 0.237. The molecule has 4 rings (SSSR count). The number of nitrogens with one attached hydrogen (secondary N) is 2. The van der Waals surface area contributed by atoms with E-state index in [0.717, 1.165) is 44.7 Å². The number of morpholine rings is 1. The van der Waals surface area contributed by atoms with Crippen molar-refractivity contribution in [2.24, 2.45) is 38.1 Å². The number of allylic oxidation sites excluding steroid dienone is 2. The standard InChI is InChI=1S/C27H38ClN7O3.C4H9NO.C2H6/c1-19(33-13-22(12-29)21-7-8-24(28)26(11-21)37-10-9-32-18-30)35-25(14-34-23-5-3-2-4-6-23)27(31)38-17-20-15-36-16-20;1-3-6-4-2-5-1;1-2/h7-8,11-14,18,20,23,35H,1-6,9-10,15-17,29,31H2,(H2,30,32);5H,1-4H2;1-2H3/b22-12+,27-25-,33-13-,34-14?;;. The van der Waals surface area contributed by atoms with Crippen molar-refractivity contribution in [2.45, 2.75) is 52.0 Å². The molecule has 1 aromatic carbocycles. The van der Waals surface area contributed by atoms with Crippen molar-refractivity contribution in [3.8, 4) is 5.75 Å². The van der Waals surface area contributed by atoms with E-state index in [1.807, 2.05) is 19.9 Å². The van der Waals surface area contributed by atoms with E-state index < -0.39 is 0 Å². The zero-order chi connectivity index (χ0) is 33.4. The molecule has 2 saturated heterocycles. The second-order valence-electron chi connectivity index (χ2n) is 10.4. The average Bonchev–Trinajstić information content (AvgIpc) is 3.08. The van der Waals surface area contributed by atoms with Gasteiger partial charge in [0.2, 0.25) is 5.88 Å². The van der Waals surface area contributed by atoms with Gasteiger partial charge in [-0.15, -0.1) is 0 Å². The summed E-state index contributed by atoms with van der Waals surface area (Å²) in [5, 5.41) is 6.76. The molecule has 12 nitrogen and oxygen atoms in total. The minimum atomic E-state index is 0.237. The molecule has 0 bridgehead atoms. The van der Waals surface area contributed by atoms with Crippen LogP contribution in [-0.2, 0) is 14.2 Å². The van der Waals surface area contributed by atoms with Crippen LogP contribution in [0.15, 0.2) is 63.4 Å². The summed E-state index contributed by atoms with van der Waals surface area (Å²) in [6, 6.07) is 5.62. The largest absolute Gasteiger partial charge is 0.490 e. The topological polar surface area (TPSA) is 176 Å². The van der Waals surface area contributed by atoms with Gasteiger partial charge < -0.3 is 46.8 Å². The van der Waals surface area contributed by atoms with Crippen molar-refractivity contribution in [1.29, 1.82) is 0 Å². The van der Waals surface area contributed by atoms with E-state index in [2.05, 4.69) is 27.2 Å². The molecule has 3 aliphatic rings. The predicted molar refractivity (Wildman–Crippen MR) is 189 cm³/mol. The first-order valence-corrected chi connectivity index (χ1v) is 16.4. The van der Waals surface area contributed by atoms with E-state index >= 15 is 0 Å². The van der Waals surface area contributed by atoms with Crippen LogP contribution in [0, 0.1) is 5.92 Å². The molecule has 0 aromatic heterocycles.